The van der Waals surface area contributed by atoms with Crippen LogP contribution in [0.2, 0.25) is 0 Å². The Kier molecular flexibility index (Phi) is 4.19. The molecule has 0 aliphatic carbocycles. The van der Waals surface area contributed by atoms with Gasteiger partial charge in [-0.3, -0.25) is 4.79 Å². The van der Waals surface area contributed by atoms with E-state index in [0.717, 1.165) is 11.1 Å². The van der Waals surface area contributed by atoms with Gasteiger partial charge in [-0.05, 0) is 36.8 Å². The summed E-state index contributed by atoms with van der Waals surface area (Å²) in [6, 6.07) is 17.1. The van der Waals surface area contributed by atoms with Crippen molar-refractivity contribution in [1.29, 1.82) is 0 Å². The number of aryl methyl sites for hydroxylation is 1. The van der Waals surface area contributed by atoms with Gasteiger partial charge in [0.1, 0.15) is 0 Å². The summed E-state index contributed by atoms with van der Waals surface area (Å²) >= 11 is 0. The molecule has 0 fully saturated rings. The highest BCUT2D eigenvalue weighted by Crippen LogP contribution is 2.18. The number of rotatable bonds is 4. The van der Waals surface area contributed by atoms with Crippen molar-refractivity contribution in [2.24, 2.45) is 0 Å². The fourth-order valence-electron chi connectivity index (χ4n) is 2.32. The molecular formula is C18H17N3O2. The maximum atomic E-state index is 12.5. The molecule has 0 N–H and O–H groups in total. The van der Waals surface area contributed by atoms with Crippen LogP contribution in [0, 0.1) is 6.92 Å². The molecule has 0 bridgehead atoms. The molecule has 1 aromatic heterocycles. The lowest BCUT2D eigenvalue weighted by atomic mass is 10.1. The SMILES string of the molecule is Cc1noc(-c2ccc(C(=O)N(C)Cc3ccccc3)cc2)n1. The van der Waals surface area contributed by atoms with Crippen LogP contribution in [0.4, 0.5) is 0 Å². The molecule has 2 aromatic carbocycles. The van der Waals surface area contributed by atoms with Gasteiger partial charge in [0, 0.05) is 24.7 Å². The first-order valence-electron chi connectivity index (χ1n) is 7.33. The van der Waals surface area contributed by atoms with Crippen LogP contribution in [-0.2, 0) is 6.54 Å². The monoisotopic (exact) mass is 307 g/mol. The summed E-state index contributed by atoms with van der Waals surface area (Å²) in [6.45, 7) is 2.34. The van der Waals surface area contributed by atoms with Crippen LogP contribution >= 0.6 is 0 Å². The lowest BCUT2D eigenvalue weighted by Gasteiger charge is -2.17. The normalized spacial score (nSPS) is 10.5. The van der Waals surface area contributed by atoms with Gasteiger partial charge in [0.05, 0.1) is 0 Å². The summed E-state index contributed by atoms with van der Waals surface area (Å²) in [5.74, 6) is 1.02. The van der Waals surface area contributed by atoms with Crippen LogP contribution in [-0.4, -0.2) is 28.0 Å². The third-order valence-electron chi connectivity index (χ3n) is 3.52. The average molecular weight is 307 g/mol. The molecule has 3 rings (SSSR count). The van der Waals surface area contributed by atoms with E-state index in [9.17, 15) is 4.79 Å². The van der Waals surface area contributed by atoms with E-state index >= 15 is 0 Å². The Morgan fingerprint density at radius 1 is 1.09 bits per heavy atom. The van der Waals surface area contributed by atoms with E-state index in [1.54, 1.807) is 31.0 Å². The second-order valence-corrected chi connectivity index (χ2v) is 5.37. The van der Waals surface area contributed by atoms with Crippen molar-refractivity contribution in [3.05, 3.63) is 71.5 Å². The highest BCUT2D eigenvalue weighted by molar-refractivity contribution is 5.94. The van der Waals surface area contributed by atoms with Crippen molar-refractivity contribution in [2.75, 3.05) is 7.05 Å². The van der Waals surface area contributed by atoms with Crippen molar-refractivity contribution in [2.45, 2.75) is 13.5 Å². The summed E-state index contributed by atoms with van der Waals surface area (Å²) in [5, 5.41) is 3.76. The third kappa shape index (κ3) is 3.45. The molecule has 5 heteroatoms. The zero-order chi connectivity index (χ0) is 16.2. The standard InChI is InChI=1S/C18H17N3O2/c1-13-19-17(23-20-13)15-8-10-16(11-9-15)18(22)21(2)12-14-6-4-3-5-7-14/h3-11H,12H2,1-2H3. The zero-order valence-electron chi connectivity index (χ0n) is 13.1. The highest BCUT2D eigenvalue weighted by atomic mass is 16.5. The number of benzene rings is 2. The van der Waals surface area contributed by atoms with E-state index < -0.39 is 0 Å². The molecule has 0 aliphatic heterocycles. The molecule has 23 heavy (non-hydrogen) atoms. The Bertz CT molecular complexity index is 795. The average Bonchev–Trinajstić information content (AvgIpc) is 3.02. The Labute approximate surface area is 134 Å². The Balaban J connectivity index is 1.72. The van der Waals surface area contributed by atoms with Crippen molar-refractivity contribution >= 4 is 5.91 Å². The molecule has 1 heterocycles. The third-order valence-corrected chi connectivity index (χ3v) is 3.52. The largest absolute Gasteiger partial charge is 0.337 e. The quantitative estimate of drug-likeness (QED) is 0.742. The van der Waals surface area contributed by atoms with Crippen LogP contribution in [0.1, 0.15) is 21.7 Å². The molecule has 116 valence electrons. The zero-order valence-corrected chi connectivity index (χ0v) is 13.1. The summed E-state index contributed by atoms with van der Waals surface area (Å²) in [4.78, 5) is 18.3. The molecule has 0 saturated carbocycles. The molecule has 1 amide bonds. The van der Waals surface area contributed by atoms with E-state index in [4.69, 9.17) is 4.52 Å². The van der Waals surface area contributed by atoms with Gasteiger partial charge in [-0.15, -0.1) is 0 Å². The van der Waals surface area contributed by atoms with Gasteiger partial charge in [-0.25, -0.2) is 0 Å². The molecule has 0 spiro atoms. The van der Waals surface area contributed by atoms with Gasteiger partial charge >= 0.3 is 0 Å². The number of aromatic nitrogens is 2. The summed E-state index contributed by atoms with van der Waals surface area (Å²) in [6.07, 6.45) is 0. The smallest absolute Gasteiger partial charge is 0.257 e. The first kappa shape index (κ1) is 15.0. The van der Waals surface area contributed by atoms with Gasteiger partial charge in [0.25, 0.3) is 11.8 Å². The van der Waals surface area contributed by atoms with Gasteiger partial charge in [-0.2, -0.15) is 4.98 Å². The molecule has 5 nitrogen and oxygen atoms in total. The van der Waals surface area contributed by atoms with Gasteiger partial charge in [0.2, 0.25) is 0 Å². The van der Waals surface area contributed by atoms with Crippen LogP contribution in [0.15, 0.2) is 59.1 Å². The summed E-state index contributed by atoms with van der Waals surface area (Å²) in [5.41, 5.74) is 2.53. The van der Waals surface area contributed by atoms with Crippen LogP contribution in [0.5, 0.6) is 0 Å². The van der Waals surface area contributed by atoms with E-state index in [0.29, 0.717) is 23.8 Å². The molecule has 0 saturated heterocycles. The van der Waals surface area contributed by atoms with Crippen molar-refractivity contribution in [3.63, 3.8) is 0 Å². The minimum atomic E-state index is -0.0258. The highest BCUT2D eigenvalue weighted by Gasteiger charge is 2.13. The number of carbonyl (C=O) groups is 1. The number of hydrogen-bond donors (Lipinski definition) is 0. The molecule has 3 aromatic rings. The molecule has 0 aliphatic rings. The predicted molar refractivity (Wildman–Crippen MR) is 86.7 cm³/mol. The number of amides is 1. The van der Waals surface area contributed by atoms with Crippen LogP contribution < -0.4 is 0 Å². The van der Waals surface area contributed by atoms with Crippen LogP contribution in [0.3, 0.4) is 0 Å². The first-order chi connectivity index (χ1) is 11.1. The van der Waals surface area contributed by atoms with Crippen molar-refractivity contribution in [1.82, 2.24) is 15.0 Å². The summed E-state index contributed by atoms with van der Waals surface area (Å²) < 4.78 is 5.12. The van der Waals surface area contributed by atoms with E-state index in [1.807, 2.05) is 42.5 Å². The van der Waals surface area contributed by atoms with E-state index in [2.05, 4.69) is 10.1 Å². The van der Waals surface area contributed by atoms with Crippen molar-refractivity contribution < 1.29 is 9.32 Å². The molecule has 0 atom stereocenters. The van der Waals surface area contributed by atoms with E-state index in [1.165, 1.54) is 0 Å². The second-order valence-electron chi connectivity index (χ2n) is 5.37. The van der Waals surface area contributed by atoms with Crippen molar-refractivity contribution in [3.8, 4) is 11.5 Å². The molecular weight excluding hydrogens is 290 g/mol. The van der Waals surface area contributed by atoms with Gasteiger partial charge in [0.15, 0.2) is 5.82 Å². The Morgan fingerprint density at radius 3 is 2.39 bits per heavy atom. The van der Waals surface area contributed by atoms with Gasteiger partial charge in [-0.1, -0.05) is 35.5 Å². The van der Waals surface area contributed by atoms with E-state index in [-0.39, 0.29) is 5.91 Å². The summed E-state index contributed by atoms with van der Waals surface area (Å²) in [7, 11) is 1.80. The van der Waals surface area contributed by atoms with Crippen LogP contribution in [0.25, 0.3) is 11.5 Å². The van der Waals surface area contributed by atoms with Gasteiger partial charge < -0.3 is 9.42 Å². The fourth-order valence-corrected chi connectivity index (χ4v) is 2.32. The maximum Gasteiger partial charge on any atom is 0.257 e. The molecule has 0 radical (unpaired) electrons. The lowest BCUT2D eigenvalue weighted by Crippen LogP contribution is -2.26. The molecule has 0 unspecified atom stereocenters. The minimum Gasteiger partial charge on any atom is -0.337 e. The minimum absolute atomic E-state index is 0.0258. The Morgan fingerprint density at radius 2 is 1.78 bits per heavy atom. The Hall–Kier alpha value is -2.95. The maximum absolute atomic E-state index is 12.5. The number of nitrogens with zero attached hydrogens (tertiary/aromatic N) is 3. The fraction of sp³-hybridized carbons (Fsp3) is 0.167. The second kappa shape index (κ2) is 6.44. The topological polar surface area (TPSA) is 59.2 Å². The predicted octanol–water partition coefficient (Wildman–Crippen LogP) is 3.32. The first-order valence-corrected chi connectivity index (χ1v) is 7.33. The lowest BCUT2D eigenvalue weighted by molar-refractivity contribution is 0.0785. The number of hydrogen-bond acceptors (Lipinski definition) is 4. The number of carbonyl (C=O) groups excluding carboxylic acids is 1.